The molecule has 0 atom stereocenters. The molecule has 3 nitrogen and oxygen atoms in total. The van der Waals surface area contributed by atoms with Gasteiger partial charge in [-0.05, 0) is 77.7 Å². The van der Waals surface area contributed by atoms with E-state index in [1.165, 1.54) is 5.56 Å². The highest BCUT2D eigenvalue weighted by molar-refractivity contribution is 14.1. The molecule has 138 valence electrons. The van der Waals surface area contributed by atoms with E-state index >= 15 is 0 Å². The Balaban J connectivity index is 1.59. The summed E-state index contributed by atoms with van der Waals surface area (Å²) in [5, 5.41) is 2.96. The van der Waals surface area contributed by atoms with Gasteiger partial charge in [0.25, 0.3) is 5.91 Å². The number of ether oxygens (including phenoxy) is 1. The molecule has 0 saturated heterocycles. The van der Waals surface area contributed by atoms with Crippen LogP contribution in [0.5, 0.6) is 5.75 Å². The molecule has 3 rings (SSSR count). The number of amides is 1. The zero-order chi connectivity index (χ0) is 19.1. The maximum Gasteiger partial charge on any atom is 0.255 e. The molecule has 0 spiro atoms. The summed E-state index contributed by atoms with van der Waals surface area (Å²) in [6, 6.07) is 23.6. The van der Waals surface area contributed by atoms with Gasteiger partial charge in [-0.2, -0.15) is 0 Å². The highest BCUT2D eigenvalue weighted by Gasteiger charge is 2.11. The normalized spacial score (nSPS) is 10.4. The quantitative estimate of drug-likeness (QED) is 0.346. The summed E-state index contributed by atoms with van der Waals surface area (Å²) in [5.41, 5.74) is 3.80. The van der Waals surface area contributed by atoms with Crippen molar-refractivity contribution in [3.63, 3.8) is 0 Å². The van der Waals surface area contributed by atoms with Gasteiger partial charge in [-0.25, -0.2) is 0 Å². The predicted molar refractivity (Wildman–Crippen MR) is 119 cm³/mol. The lowest BCUT2D eigenvalue weighted by molar-refractivity contribution is 0.102. The van der Waals surface area contributed by atoms with Crippen LogP contribution in [0.4, 0.5) is 5.69 Å². The number of nitrogens with one attached hydrogen (secondary N) is 1. The maximum absolute atomic E-state index is 12.6. The number of carbonyl (C=O) groups excluding carboxylic acids is 1. The van der Waals surface area contributed by atoms with E-state index in [1.807, 2.05) is 67.6 Å². The van der Waals surface area contributed by atoms with Gasteiger partial charge in [-0.1, -0.05) is 48.5 Å². The third-order valence-corrected chi connectivity index (χ3v) is 5.44. The first-order chi connectivity index (χ1) is 13.1. The molecule has 0 aliphatic carbocycles. The summed E-state index contributed by atoms with van der Waals surface area (Å²) in [5.74, 6) is 0.564. The third kappa shape index (κ3) is 5.57. The Labute approximate surface area is 173 Å². The minimum Gasteiger partial charge on any atom is -0.491 e. The third-order valence-electron chi connectivity index (χ3n) is 4.28. The van der Waals surface area contributed by atoms with Gasteiger partial charge in [0.1, 0.15) is 5.75 Å². The van der Waals surface area contributed by atoms with Crippen LogP contribution in [0.15, 0.2) is 72.8 Å². The molecule has 0 aliphatic heterocycles. The topological polar surface area (TPSA) is 38.3 Å². The highest BCUT2D eigenvalue weighted by atomic mass is 127. The average Bonchev–Trinajstić information content (AvgIpc) is 2.69. The molecule has 0 heterocycles. The zero-order valence-corrected chi connectivity index (χ0v) is 17.4. The molecular formula is C23H22INO2. The lowest BCUT2D eigenvalue weighted by Crippen LogP contribution is -2.13. The molecule has 0 aromatic heterocycles. The summed E-state index contributed by atoms with van der Waals surface area (Å²) >= 11 is 2.24. The Morgan fingerprint density at radius 2 is 1.74 bits per heavy atom. The standard InChI is InChI=1S/C23H22INO2/c1-17-13-14-19(16-20(17)24)23(26)25-21-11-5-6-12-22(21)27-15-7-10-18-8-3-2-4-9-18/h2-6,8-9,11-14,16H,7,10,15H2,1H3,(H,25,26). The number of anilines is 1. The Morgan fingerprint density at radius 3 is 2.52 bits per heavy atom. The lowest BCUT2D eigenvalue weighted by Gasteiger charge is -2.13. The Kier molecular flexibility index (Phi) is 6.87. The van der Waals surface area contributed by atoms with Gasteiger partial charge >= 0.3 is 0 Å². The van der Waals surface area contributed by atoms with Crippen molar-refractivity contribution in [3.05, 3.63) is 93.1 Å². The van der Waals surface area contributed by atoms with Crippen molar-refractivity contribution >= 4 is 34.2 Å². The number of rotatable bonds is 7. The molecule has 0 unspecified atom stereocenters. The van der Waals surface area contributed by atoms with Crippen LogP contribution in [-0.2, 0) is 6.42 Å². The lowest BCUT2D eigenvalue weighted by atomic mass is 10.1. The van der Waals surface area contributed by atoms with Crippen LogP contribution in [0.2, 0.25) is 0 Å². The van der Waals surface area contributed by atoms with Crippen LogP contribution in [0.25, 0.3) is 0 Å². The van der Waals surface area contributed by atoms with E-state index in [4.69, 9.17) is 4.74 Å². The van der Waals surface area contributed by atoms with E-state index in [2.05, 4.69) is 40.0 Å². The number of benzene rings is 3. The number of hydrogen-bond acceptors (Lipinski definition) is 2. The van der Waals surface area contributed by atoms with E-state index in [1.54, 1.807) is 0 Å². The van der Waals surface area contributed by atoms with Crippen LogP contribution in [0.1, 0.15) is 27.9 Å². The predicted octanol–water partition coefficient (Wildman–Crippen LogP) is 5.86. The molecule has 0 radical (unpaired) electrons. The minimum absolute atomic E-state index is 0.131. The highest BCUT2D eigenvalue weighted by Crippen LogP contribution is 2.25. The minimum atomic E-state index is -0.131. The molecule has 3 aromatic carbocycles. The first-order valence-electron chi connectivity index (χ1n) is 8.97. The van der Waals surface area contributed by atoms with Gasteiger partial charge in [-0.3, -0.25) is 4.79 Å². The number of para-hydroxylation sites is 2. The van der Waals surface area contributed by atoms with Crippen LogP contribution >= 0.6 is 22.6 Å². The van der Waals surface area contributed by atoms with E-state index in [-0.39, 0.29) is 5.91 Å². The van der Waals surface area contributed by atoms with Crippen molar-refractivity contribution in [2.75, 3.05) is 11.9 Å². The molecule has 27 heavy (non-hydrogen) atoms. The average molecular weight is 471 g/mol. The van der Waals surface area contributed by atoms with Crippen molar-refractivity contribution in [2.24, 2.45) is 0 Å². The van der Waals surface area contributed by atoms with E-state index in [9.17, 15) is 4.79 Å². The first-order valence-corrected chi connectivity index (χ1v) is 10.0. The fraction of sp³-hybridized carbons (Fsp3) is 0.174. The van der Waals surface area contributed by atoms with Crippen LogP contribution < -0.4 is 10.1 Å². The Hall–Kier alpha value is -2.34. The molecule has 0 bridgehead atoms. The van der Waals surface area contributed by atoms with Crippen molar-refractivity contribution in [2.45, 2.75) is 19.8 Å². The molecule has 4 heteroatoms. The smallest absolute Gasteiger partial charge is 0.255 e. The largest absolute Gasteiger partial charge is 0.491 e. The summed E-state index contributed by atoms with van der Waals surface area (Å²) in [6.45, 7) is 2.63. The Bertz CT molecular complexity index is 909. The Morgan fingerprint density at radius 1 is 1.00 bits per heavy atom. The van der Waals surface area contributed by atoms with Gasteiger partial charge in [0.05, 0.1) is 12.3 Å². The summed E-state index contributed by atoms with van der Waals surface area (Å²) in [7, 11) is 0. The van der Waals surface area contributed by atoms with Gasteiger partial charge in [0.15, 0.2) is 0 Å². The van der Waals surface area contributed by atoms with Crippen LogP contribution in [0, 0.1) is 10.5 Å². The maximum atomic E-state index is 12.6. The number of carbonyl (C=O) groups is 1. The SMILES string of the molecule is Cc1ccc(C(=O)Nc2ccccc2OCCCc2ccccc2)cc1I. The van der Waals surface area contributed by atoms with Crippen molar-refractivity contribution in [1.82, 2.24) is 0 Å². The summed E-state index contributed by atoms with van der Waals surface area (Å²) in [6.07, 6.45) is 1.89. The van der Waals surface area contributed by atoms with E-state index in [0.717, 1.165) is 22.0 Å². The molecule has 3 aromatic rings. The molecule has 0 aliphatic rings. The van der Waals surface area contributed by atoms with E-state index in [0.29, 0.717) is 23.6 Å². The van der Waals surface area contributed by atoms with Gasteiger partial charge in [-0.15, -0.1) is 0 Å². The van der Waals surface area contributed by atoms with Gasteiger partial charge in [0, 0.05) is 9.13 Å². The second kappa shape index (κ2) is 9.55. The molecule has 0 saturated carbocycles. The second-order valence-corrected chi connectivity index (χ2v) is 7.51. The first kappa shape index (κ1) is 19.4. The molecule has 0 fully saturated rings. The molecule has 1 amide bonds. The van der Waals surface area contributed by atoms with Crippen LogP contribution in [-0.4, -0.2) is 12.5 Å². The number of halogens is 1. The fourth-order valence-electron chi connectivity index (χ4n) is 2.73. The zero-order valence-electron chi connectivity index (χ0n) is 15.2. The van der Waals surface area contributed by atoms with Crippen LogP contribution in [0.3, 0.4) is 0 Å². The summed E-state index contributed by atoms with van der Waals surface area (Å²) < 4.78 is 7.00. The molecular weight excluding hydrogens is 449 g/mol. The number of hydrogen-bond donors (Lipinski definition) is 1. The van der Waals surface area contributed by atoms with Crippen molar-refractivity contribution in [3.8, 4) is 5.75 Å². The summed E-state index contributed by atoms with van der Waals surface area (Å²) in [4.78, 5) is 12.6. The van der Waals surface area contributed by atoms with Crippen molar-refractivity contribution in [1.29, 1.82) is 0 Å². The monoisotopic (exact) mass is 471 g/mol. The van der Waals surface area contributed by atoms with Gasteiger partial charge in [0.2, 0.25) is 0 Å². The van der Waals surface area contributed by atoms with Gasteiger partial charge < -0.3 is 10.1 Å². The van der Waals surface area contributed by atoms with Crippen molar-refractivity contribution < 1.29 is 9.53 Å². The molecule has 1 N–H and O–H groups in total. The van der Waals surface area contributed by atoms with E-state index < -0.39 is 0 Å². The second-order valence-electron chi connectivity index (χ2n) is 6.35. The number of aryl methyl sites for hydroxylation is 2. The fourth-order valence-corrected chi connectivity index (χ4v) is 3.24.